The van der Waals surface area contributed by atoms with E-state index in [9.17, 15) is 31.8 Å². The molecule has 0 radical (unpaired) electrons. The molecule has 2 unspecified atom stereocenters. The number of hydrogen-bond donors (Lipinski definition) is 2. The average Bonchev–Trinajstić information content (AvgIpc) is 3.36. The molecule has 292 valence electrons. The quantitative estimate of drug-likeness (QED) is 0.233. The zero-order chi connectivity index (χ0) is 38.6. The Labute approximate surface area is 310 Å². The molecule has 4 aliphatic carbocycles. The van der Waals surface area contributed by atoms with Crippen molar-refractivity contribution >= 4 is 20.7 Å². The first kappa shape index (κ1) is 39.0. The third kappa shape index (κ3) is 6.25. The number of nitrogens with zero attached hydrogens (tertiary/aromatic N) is 1. The smallest absolute Gasteiger partial charge is 0.385 e. The summed E-state index contributed by atoms with van der Waals surface area (Å²) < 4.78 is 116. The van der Waals surface area contributed by atoms with Crippen LogP contribution in [0.25, 0.3) is 0 Å². The van der Waals surface area contributed by atoms with Crippen LogP contribution in [0, 0.1) is 29.6 Å². The highest BCUT2D eigenvalue weighted by atomic mass is 32.3. The van der Waals surface area contributed by atoms with Crippen LogP contribution in [-0.4, -0.2) is 67.2 Å². The molecule has 14 heteroatoms. The number of halogens is 5. The number of rotatable bonds is 5. The average molecular weight is 786 g/mol. The lowest BCUT2D eigenvalue weighted by Gasteiger charge is -2.59. The summed E-state index contributed by atoms with van der Waals surface area (Å²) >= 11 is 0. The number of fused-ring (bicyclic) bond motifs is 4. The largest absolute Gasteiger partial charge is 0.456 e. The number of ether oxygens (including phenoxy) is 2. The molecule has 7 atom stereocenters. The normalized spacial score (nSPS) is 34.8. The van der Waals surface area contributed by atoms with Gasteiger partial charge in [0.25, 0.3) is 10.0 Å². The van der Waals surface area contributed by atoms with Gasteiger partial charge in [-0.15, -0.1) is 3.77 Å². The van der Waals surface area contributed by atoms with Crippen molar-refractivity contribution in [3.05, 3.63) is 70.8 Å². The Hall–Kier alpha value is -2.23. The maximum atomic E-state index is 15.5. The van der Waals surface area contributed by atoms with E-state index in [1.165, 1.54) is 19.1 Å². The van der Waals surface area contributed by atoms with Gasteiger partial charge in [0.1, 0.15) is 5.60 Å². The zero-order valence-corrected chi connectivity index (χ0v) is 32.2. The van der Waals surface area contributed by atoms with Crippen molar-refractivity contribution in [2.45, 2.75) is 124 Å². The van der Waals surface area contributed by atoms with E-state index in [1.54, 1.807) is 42.7 Å². The molecule has 1 heterocycles. The van der Waals surface area contributed by atoms with Gasteiger partial charge >= 0.3 is 12.1 Å². The van der Waals surface area contributed by atoms with Crippen molar-refractivity contribution in [2.24, 2.45) is 26.4 Å². The molecule has 2 N–H and O–H groups in total. The molecule has 1 spiro atoms. The Bertz CT molecular complexity index is 1940. The molecular formula is C39H48F5NO6S2. The number of alkyl halides is 5. The fourth-order valence-corrected chi connectivity index (χ4v) is 13.0. The zero-order valence-electron chi connectivity index (χ0n) is 30.6. The van der Waals surface area contributed by atoms with Gasteiger partial charge < -0.3 is 19.7 Å². The predicted octanol–water partition coefficient (Wildman–Crippen LogP) is 8.40. The van der Waals surface area contributed by atoms with Gasteiger partial charge in [-0.1, -0.05) is 66.9 Å². The topological polar surface area (TPSA) is 105 Å². The highest BCUT2D eigenvalue weighted by Gasteiger charge is 2.79. The molecule has 7 rings (SSSR count). The summed E-state index contributed by atoms with van der Waals surface area (Å²) in [6, 6.07) is 13.3. The van der Waals surface area contributed by atoms with Gasteiger partial charge in [-0.05, 0) is 98.9 Å². The summed E-state index contributed by atoms with van der Waals surface area (Å²) in [5.74, 6) is -8.14. The van der Waals surface area contributed by atoms with Crippen molar-refractivity contribution in [1.82, 2.24) is 0 Å². The Morgan fingerprint density at radius 3 is 2.11 bits per heavy atom. The van der Waals surface area contributed by atoms with Crippen LogP contribution >= 0.6 is 0 Å². The molecule has 0 aromatic heterocycles. The number of benzene rings is 2. The van der Waals surface area contributed by atoms with Crippen LogP contribution in [0.3, 0.4) is 0 Å². The molecule has 0 bridgehead atoms. The molecule has 0 amide bonds. The van der Waals surface area contributed by atoms with E-state index in [-0.39, 0.29) is 36.0 Å². The minimum absolute atomic E-state index is 0.00889. The Morgan fingerprint density at radius 1 is 0.887 bits per heavy atom. The van der Waals surface area contributed by atoms with E-state index in [2.05, 4.69) is 3.77 Å². The Balaban J connectivity index is 1.30. The van der Waals surface area contributed by atoms with E-state index in [4.69, 9.17) is 9.47 Å². The van der Waals surface area contributed by atoms with Crippen LogP contribution in [0.4, 0.5) is 22.0 Å². The summed E-state index contributed by atoms with van der Waals surface area (Å²) in [7, 11) is -5.08. The number of hydrogen-bond acceptors (Lipinski definition) is 6. The van der Waals surface area contributed by atoms with Gasteiger partial charge in [0, 0.05) is 34.5 Å². The van der Waals surface area contributed by atoms with E-state index < -0.39 is 79.4 Å². The molecule has 3 saturated carbocycles. The summed E-state index contributed by atoms with van der Waals surface area (Å²) in [6.07, 6.45) is -3.55. The molecule has 53 heavy (non-hydrogen) atoms. The third-order valence-electron chi connectivity index (χ3n) is 13.0. The Kier molecular flexibility index (Phi) is 9.31. The molecule has 1 aliphatic heterocycles. The van der Waals surface area contributed by atoms with Crippen LogP contribution in [0.15, 0.2) is 73.2 Å². The van der Waals surface area contributed by atoms with E-state index in [0.29, 0.717) is 42.9 Å². The van der Waals surface area contributed by atoms with E-state index in [1.807, 2.05) is 20.8 Å². The summed E-state index contributed by atoms with van der Waals surface area (Å²) in [6.45, 7) is 8.21. The second kappa shape index (κ2) is 12.6. The van der Waals surface area contributed by atoms with Gasteiger partial charge in [-0.3, -0.25) is 0 Å². The summed E-state index contributed by atoms with van der Waals surface area (Å²) in [5, 5.41) is 24.1. The highest BCUT2D eigenvalue weighted by Crippen LogP contribution is 2.71. The van der Waals surface area contributed by atoms with E-state index in [0.717, 1.165) is 16.7 Å². The first-order chi connectivity index (χ1) is 24.5. The van der Waals surface area contributed by atoms with Crippen LogP contribution in [-0.2, 0) is 30.2 Å². The maximum Gasteiger partial charge on any atom is 0.456 e. The Morgan fingerprint density at radius 2 is 1.51 bits per heavy atom. The third-order valence-corrected chi connectivity index (χ3v) is 16.5. The van der Waals surface area contributed by atoms with E-state index >= 15 is 8.78 Å². The van der Waals surface area contributed by atoms with Crippen molar-refractivity contribution in [1.29, 1.82) is 0 Å². The van der Waals surface area contributed by atoms with Gasteiger partial charge in [-0.25, -0.2) is 0 Å². The monoisotopic (exact) mass is 785 g/mol. The van der Waals surface area contributed by atoms with Gasteiger partial charge in [0.05, 0.1) is 23.7 Å². The van der Waals surface area contributed by atoms with Crippen LogP contribution < -0.4 is 0 Å². The summed E-state index contributed by atoms with van der Waals surface area (Å²) in [4.78, 5) is 0.656. The minimum Gasteiger partial charge on any atom is -0.385 e. The molecule has 2 aromatic carbocycles. The highest BCUT2D eigenvalue weighted by molar-refractivity contribution is 7.99. The number of aliphatic hydroxyl groups is 2. The second-order valence-electron chi connectivity index (χ2n) is 17.1. The van der Waals surface area contributed by atoms with Crippen molar-refractivity contribution in [3.8, 4) is 0 Å². The van der Waals surface area contributed by atoms with Crippen LogP contribution in [0.5, 0.6) is 0 Å². The molecule has 1 saturated heterocycles. The van der Waals surface area contributed by atoms with Crippen LogP contribution in [0.2, 0.25) is 0 Å². The predicted molar refractivity (Wildman–Crippen MR) is 190 cm³/mol. The molecule has 7 nitrogen and oxygen atoms in total. The molecule has 4 fully saturated rings. The van der Waals surface area contributed by atoms with Gasteiger partial charge in [-0.2, -0.15) is 30.4 Å². The van der Waals surface area contributed by atoms with Crippen LogP contribution in [0.1, 0.15) is 89.2 Å². The lowest BCUT2D eigenvalue weighted by atomic mass is 9.49. The lowest BCUT2D eigenvalue weighted by Crippen LogP contribution is -2.65. The van der Waals surface area contributed by atoms with Gasteiger partial charge in [0.15, 0.2) is 5.79 Å². The molecule has 5 aliphatic rings. The standard InChI is InChI=1S/C39H48F5NO6S2/c1-24-6-12-27(13-7-24)53(48,49)45-52(5)26-10-8-25(9-11-26)29-20-34(4)30(16-19-37(34,47)38(40,41)39(42,43)44)28-14-17-35(46)21-36(18-15-31(35)32(28)29)50-22-33(2,3)23-51-36/h6-13,28-30,46-47H,14-23H2,1-5H3/t28?,29-,30?,34+,35-,37+,52+/m1/s1. The maximum absolute atomic E-state index is 15.5. The van der Waals surface area contributed by atoms with Crippen molar-refractivity contribution in [3.63, 3.8) is 0 Å². The molecular weight excluding hydrogens is 738 g/mol. The lowest BCUT2D eigenvalue weighted by molar-refractivity contribution is -0.362. The van der Waals surface area contributed by atoms with Crippen molar-refractivity contribution < 1.29 is 50.1 Å². The fourth-order valence-electron chi connectivity index (χ4n) is 10.1. The minimum atomic E-state index is -5.95. The van der Waals surface area contributed by atoms with Gasteiger partial charge in [0.2, 0.25) is 0 Å². The number of allylic oxidation sites excluding steroid dienone is 1. The number of aryl methyl sites for hydroxylation is 1. The summed E-state index contributed by atoms with van der Waals surface area (Å²) in [5.41, 5.74) is -3.54. The second-order valence-corrected chi connectivity index (χ2v) is 20.5. The first-order valence-corrected chi connectivity index (χ1v) is 21.2. The molecule has 2 aromatic rings. The first-order valence-electron chi connectivity index (χ1n) is 18.2. The fraction of sp³-hybridized carbons (Fsp3) is 0.641. The number of sulfonamides is 1. The van der Waals surface area contributed by atoms with Crippen molar-refractivity contribution in [2.75, 3.05) is 19.5 Å². The SMILES string of the molecule is Cc1ccc(S(=O)(=O)N=[S@@](C)c2ccc([C@H]3C[C@@]4(C)C(CC[C@@]4(O)C(F)(F)C(F)(F)F)C4CC[C@@]5(O)CC6(CCC5=C43)OCC(C)(C)CO6)cc2)cc1.